The monoisotopic (exact) mass is 306 g/mol. The number of aromatic nitrogens is 2. The van der Waals surface area contributed by atoms with E-state index in [0.29, 0.717) is 23.7 Å². The second-order valence-electron chi connectivity index (χ2n) is 4.90. The first-order valence-electron chi connectivity index (χ1n) is 6.67. The number of hydrogen-bond donors (Lipinski definition) is 3. The Hall–Kier alpha value is -1.89. The van der Waals surface area contributed by atoms with Gasteiger partial charge in [0.15, 0.2) is 0 Å². The smallest absolute Gasteiger partial charge is 0.244 e. The molecule has 2 unspecified atom stereocenters. The Kier molecular flexibility index (Phi) is 3.92. The number of rotatable bonds is 3. The molecule has 21 heavy (non-hydrogen) atoms. The van der Waals surface area contributed by atoms with Crippen LogP contribution in [-0.4, -0.2) is 39.5 Å². The summed E-state index contributed by atoms with van der Waals surface area (Å²) in [5.41, 5.74) is 1.29. The predicted octanol–water partition coefficient (Wildman–Crippen LogP) is 1.19. The molecular weight excluding hydrogens is 292 g/mol. The van der Waals surface area contributed by atoms with Crippen molar-refractivity contribution in [2.45, 2.75) is 18.6 Å². The van der Waals surface area contributed by atoms with Crippen LogP contribution in [0.1, 0.15) is 6.42 Å². The van der Waals surface area contributed by atoms with Crippen molar-refractivity contribution < 1.29 is 9.90 Å². The molecule has 1 aromatic carbocycles. The number of carbonyl (C=O) groups is 1. The highest BCUT2D eigenvalue weighted by Gasteiger charge is 2.31. The van der Waals surface area contributed by atoms with E-state index in [1.54, 1.807) is 23.1 Å². The molecule has 0 spiro atoms. The Morgan fingerprint density at radius 2 is 2.29 bits per heavy atom. The van der Waals surface area contributed by atoms with Crippen LogP contribution in [0.2, 0.25) is 5.02 Å². The van der Waals surface area contributed by atoms with Crippen LogP contribution in [0.4, 0.5) is 5.69 Å². The minimum absolute atomic E-state index is 0.265. The van der Waals surface area contributed by atoms with Crippen molar-refractivity contribution >= 4 is 23.2 Å². The molecule has 0 saturated carbocycles. The third kappa shape index (κ3) is 2.92. The average molecular weight is 307 g/mol. The van der Waals surface area contributed by atoms with E-state index >= 15 is 0 Å². The van der Waals surface area contributed by atoms with Crippen LogP contribution in [0.3, 0.4) is 0 Å². The fourth-order valence-electron chi connectivity index (χ4n) is 2.33. The number of amides is 1. The summed E-state index contributed by atoms with van der Waals surface area (Å²) in [7, 11) is 0. The third-order valence-electron chi connectivity index (χ3n) is 3.42. The minimum Gasteiger partial charge on any atom is -0.391 e. The summed E-state index contributed by atoms with van der Waals surface area (Å²) in [6, 6.07) is 6.73. The molecule has 2 atom stereocenters. The van der Waals surface area contributed by atoms with Gasteiger partial charge in [-0.1, -0.05) is 23.7 Å². The molecule has 2 heterocycles. The van der Waals surface area contributed by atoms with E-state index in [-0.39, 0.29) is 5.91 Å². The number of benzene rings is 1. The number of para-hydroxylation sites is 1. The molecule has 3 N–H and O–H groups in total. The zero-order valence-electron chi connectivity index (χ0n) is 11.2. The number of anilines is 1. The highest BCUT2D eigenvalue weighted by atomic mass is 35.5. The summed E-state index contributed by atoms with van der Waals surface area (Å²) < 4.78 is 1.59. The number of nitrogens with one attached hydrogen (secondary N) is 2. The molecule has 1 aromatic heterocycles. The quantitative estimate of drug-likeness (QED) is 0.796. The molecule has 1 aliphatic heterocycles. The Labute approximate surface area is 126 Å². The fourth-order valence-corrected chi connectivity index (χ4v) is 2.56. The molecule has 1 aliphatic rings. The number of hydrogen-bond acceptors (Lipinski definition) is 4. The van der Waals surface area contributed by atoms with Gasteiger partial charge in [0.05, 0.1) is 34.9 Å². The Morgan fingerprint density at radius 3 is 3.00 bits per heavy atom. The molecule has 0 bridgehead atoms. The van der Waals surface area contributed by atoms with E-state index in [9.17, 15) is 9.90 Å². The van der Waals surface area contributed by atoms with E-state index in [1.165, 1.54) is 0 Å². The molecule has 6 nitrogen and oxygen atoms in total. The largest absolute Gasteiger partial charge is 0.391 e. The Balaban J connectivity index is 1.74. The standard InChI is InChI=1S/C14H15ClN4O2/c15-10-3-1-2-4-11(10)19-8-9(7-17-19)18-14(21)13-12(20)5-6-16-13/h1-4,7-8,12-13,16,20H,5-6H2,(H,18,21). The van der Waals surface area contributed by atoms with Gasteiger partial charge in [0, 0.05) is 0 Å². The van der Waals surface area contributed by atoms with Gasteiger partial charge in [-0.25, -0.2) is 4.68 Å². The van der Waals surface area contributed by atoms with Gasteiger partial charge >= 0.3 is 0 Å². The molecule has 3 rings (SSSR count). The normalized spacial score (nSPS) is 21.4. The van der Waals surface area contributed by atoms with Crippen LogP contribution < -0.4 is 10.6 Å². The van der Waals surface area contributed by atoms with E-state index in [0.717, 1.165) is 5.69 Å². The topological polar surface area (TPSA) is 79.2 Å². The van der Waals surface area contributed by atoms with Crippen LogP contribution in [0, 0.1) is 0 Å². The first-order chi connectivity index (χ1) is 10.1. The van der Waals surface area contributed by atoms with Gasteiger partial charge in [0.1, 0.15) is 6.04 Å². The number of aliphatic hydroxyl groups excluding tert-OH is 1. The lowest BCUT2D eigenvalue weighted by molar-refractivity contribution is -0.119. The van der Waals surface area contributed by atoms with Crippen molar-refractivity contribution in [3.8, 4) is 5.69 Å². The van der Waals surface area contributed by atoms with Crippen molar-refractivity contribution in [2.75, 3.05) is 11.9 Å². The number of aliphatic hydroxyl groups is 1. The van der Waals surface area contributed by atoms with Gasteiger partial charge in [-0.05, 0) is 25.1 Å². The summed E-state index contributed by atoms with van der Waals surface area (Å²) >= 11 is 6.11. The van der Waals surface area contributed by atoms with Crippen molar-refractivity contribution in [3.05, 3.63) is 41.7 Å². The Morgan fingerprint density at radius 1 is 1.48 bits per heavy atom. The maximum atomic E-state index is 12.0. The molecule has 0 radical (unpaired) electrons. The summed E-state index contributed by atoms with van der Waals surface area (Å²) in [5, 5.41) is 20.2. The summed E-state index contributed by atoms with van der Waals surface area (Å²) in [6.45, 7) is 0.637. The highest BCUT2D eigenvalue weighted by molar-refractivity contribution is 6.32. The summed E-state index contributed by atoms with van der Waals surface area (Å²) in [6.07, 6.45) is 3.16. The van der Waals surface area contributed by atoms with Crippen molar-refractivity contribution in [1.29, 1.82) is 0 Å². The van der Waals surface area contributed by atoms with Crippen LogP contribution in [-0.2, 0) is 4.79 Å². The van der Waals surface area contributed by atoms with Crippen LogP contribution in [0.25, 0.3) is 5.69 Å². The average Bonchev–Trinajstić information content (AvgIpc) is 3.08. The minimum atomic E-state index is -0.649. The molecule has 1 fully saturated rings. The van der Waals surface area contributed by atoms with Crippen molar-refractivity contribution in [3.63, 3.8) is 0 Å². The van der Waals surface area contributed by atoms with Gasteiger partial charge in [0.2, 0.25) is 5.91 Å². The zero-order chi connectivity index (χ0) is 14.8. The lowest BCUT2D eigenvalue weighted by Crippen LogP contribution is -2.42. The molecule has 7 heteroatoms. The summed E-state index contributed by atoms with van der Waals surface area (Å²) in [4.78, 5) is 12.0. The van der Waals surface area contributed by atoms with Gasteiger partial charge in [-0.15, -0.1) is 0 Å². The lowest BCUT2D eigenvalue weighted by Gasteiger charge is -2.13. The van der Waals surface area contributed by atoms with Gasteiger partial charge in [-0.3, -0.25) is 4.79 Å². The van der Waals surface area contributed by atoms with Crippen molar-refractivity contribution in [2.24, 2.45) is 0 Å². The lowest BCUT2D eigenvalue weighted by atomic mass is 10.1. The predicted molar refractivity (Wildman–Crippen MR) is 79.6 cm³/mol. The first-order valence-corrected chi connectivity index (χ1v) is 7.05. The first kappa shape index (κ1) is 14.1. The highest BCUT2D eigenvalue weighted by Crippen LogP contribution is 2.20. The second-order valence-corrected chi connectivity index (χ2v) is 5.31. The van der Waals surface area contributed by atoms with E-state index in [1.807, 2.05) is 18.2 Å². The van der Waals surface area contributed by atoms with E-state index in [2.05, 4.69) is 15.7 Å². The SMILES string of the molecule is O=C(Nc1cnn(-c2ccccc2Cl)c1)C1NCCC1O. The van der Waals surface area contributed by atoms with Gasteiger partial charge in [-0.2, -0.15) is 5.10 Å². The van der Waals surface area contributed by atoms with Crippen molar-refractivity contribution in [1.82, 2.24) is 15.1 Å². The van der Waals surface area contributed by atoms with E-state index < -0.39 is 12.1 Å². The number of nitrogens with zero attached hydrogens (tertiary/aromatic N) is 2. The maximum Gasteiger partial charge on any atom is 0.244 e. The van der Waals surface area contributed by atoms with E-state index in [4.69, 9.17) is 11.6 Å². The Bertz CT molecular complexity index is 658. The molecule has 1 amide bonds. The molecule has 0 aliphatic carbocycles. The summed E-state index contributed by atoms with van der Waals surface area (Å²) in [5.74, 6) is -0.265. The number of halogens is 1. The third-order valence-corrected chi connectivity index (χ3v) is 3.74. The fraction of sp³-hybridized carbons (Fsp3) is 0.286. The molecule has 110 valence electrons. The second kappa shape index (κ2) is 5.85. The maximum absolute atomic E-state index is 12.0. The molecule has 2 aromatic rings. The number of carbonyl (C=O) groups excluding carboxylic acids is 1. The van der Waals surface area contributed by atoms with Crippen LogP contribution >= 0.6 is 11.6 Å². The van der Waals surface area contributed by atoms with Crippen LogP contribution in [0.15, 0.2) is 36.7 Å². The molecular formula is C14H15ClN4O2. The van der Waals surface area contributed by atoms with Gasteiger partial charge in [0.25, 0.3) is 0 Å². The zero-order valence-corrected chi connectivity index (χ0v) is 11.9. The van der Waals surface area contributed by atoms with Gasteiger partial charge < -0.3 is 15.7 Å². The molecule has 1 saturated heterocycles. The van der Waals surface area contributed by atoms with Crippen LogP contribution in [0.5, 0.6) is 0 Å².